The second-order valence-corrected chi connectivity index (χ2v) is 7.41. The van der Waals surface area contributed by atoms with Crippen molar-refractivity contribution < 1.29 is 17.6 Å². The lowest BCUT2D eigenvalue weighted by atomic mass is 10.3. The third-order valence-corrected chi connectivity index (χ3v) is 5.49. The molecule has 0 aliphatic carbocycles. The highest BCUT2D eigenvalue weighted by Crippen LogP contribution is 2.27. The maximum Gasteiger partial charge on any atom is 0.263 e. The van der Waals surface area contributed by atoms with Crippen LogP contribution in [0.3, 0.4) is 0 Å². The number of rotatable bonds is 5. The highest BCUT2D eigenvalue weighted by Gasteiger charge is 2.22. The van der Waals surface area contributed by atoms with Crippen molar-refractivity contribution in [2.75, 3.05) is 11.3 Å². The second kappa shape index (κ2) is 6.45. The number of amides is 1. The van der Waals surface area contributed by atoms with E-state index in [0.29, 0.717) is 16.3 Å². The average Bonchev–Trinajstić information content (AvgIpc) is 2.81. The van der Waals surface area contributed by atoms with Crippen molar-refractivity contribution in [3.8, 4) is 0 Å². The first-order valence-corrected chi connectivity index (χ1v) is 8.80. The number of thiophene rings is 1. The van der Waals surface area contributed by atoms with Gasteiger partial charge >= 0.3 is 0 Å². The molecule has 2 aromatic rings. The predicted octanol–water partition coefficient (Wildman–Crippen LogP) is 2.75. The van der Waals surface area contributed by atoms with Crippen molar-refractivity contribution in [1.29, 1.82) is 0 Å². The fourth-order valence-corrected chi connectivity index (χ4v) is 4.41. The Labute approximate surface area is 132 Å². The highest BCUT2D eigenvalue weighted by molar-refractivity contribution is 7.93. The van der Waals surface area contributed by atoms with Crippen molar-refractivity contribution in [2.45, 2.75) is 18.7 Å². The molecule has 118 valence electrons. The van der Waals surface area contributed by atoms with E-state index in [9.17, 15) is 17.6 Å². The van der Waals surface area contributed by atoms with Gasteiger partial charge in [-0.1, -0.05) is 6.07 Å². The summed E-state index contributed by atoms with van der Waals surface area (Å²) in [5.41, 5.74) is 0.130. The maximum atomic E-state index is 13.1. The molecule has 0 unspecified atom stereocenters. The Morgan fingerprint density at radius 2 is 2.05 bits per heavy atom. The van der Waals surface area contributed by atoms with Gasteiger partial charge in [-0.3, -0.25) is 9.52 Å². The number of benzene rings is 1. The summed E-state index contributed by atoms with van der Waals surface area (Å²) < 4.78 is 40.2. The van der Waals surface area contributed by atoms with Gasteiger partial charge in [-0.25, -0.2) is 12.8 Å². The molecule has 2 rings (SSSR count). The lowest BCUT2D eigenvalue weighted by molar-refractivity contribution is 0.0959. The van der Waals surface area contributed by atoms with Crippen LogP contribution < -0.4 is 10.0 Å². The molecule has 0 bridgehead atoms. The van der Waals surface area contributed by atoms with Crippen LogP contribution in [0.1, 0.15) is 21.5 Å². The van der Waals surface area contributed by atoms with Crippen LogP contribution >= 0.6 is 11.3 Å². The first-order valence-electron chi connectivity index (χ1n) is 6.50. The minimum atomic E-state index is -3.87. The number of anilines is 1. The molecule has 2 N–H and O–H groups in total. The third-order valence-electron chi connectivity index (χ3n) is 2.80. The fourth-order valence-electron chi connectivity index (χ4n) is 1.85. The summed E-state index contributed by atoms with van der Waals surface area (Å²) in [6, 6.07) is 6.50. The SMILES string of the molecule is CCNC(=O)c1cc(S(=O)(=O)Nc2cccc(F)c2)c(C)s1. The molecule has 1 amide bonds. The Hall–Kier alpha value is -1.93. The van der Waals surface area contributed by atoms with E-state index in [1.165, 1.54) is 24.3 Å². The summed E-state index contributed by atoms with van der Waals surface area (Å²) in [5.74, 6) is -0.854. The van der Waals surface area contributed by atoms with Crippen molar-refractivity contribution in [1.82, 2.24) is 5.32 Å². The molecule has 5 nitrogen and oxygen atoms in total. The summed E-state index contributed by atoms with van der Waals surface area (Å²) >= 11 is 1.10. The van der Waals surface area contributed by atoms with Crippen LogP contribution in [0, 0.1) is 12.7 Å². The van der Waals surface area contributed by atoms with Crippen LogP contribution in [-0.2, 0) is 10.0 Å². The minimum absolute atomic E-state index is 0.0167. The summed E-state index contributed by atoms with van der Waals surface area (Å²) in [4.78, 5) is 12.6. The van der Waals surface area contributed by atoms with Gasteiger partial charge in [0.15, 0.2) is 0 Å². The molecule has 0 saturated heterocycles. The van der Waals surface area contributed by atoms with Crippen molar-refractivity contribution >= 4 is 33.0 Å². The second-order valence-electron chi connectivity index (χ2n) is 4.51. The molecular formula is C14H15FN2O3S2. The van der Waals surface area contributed by atoms with Gasteiger partial charge in [-0.05, 0) is 38.1 Å². The predicted molar refractivity (Wildman–Crippen MR) is 84.3 cm³/mol. The topological polar surface area (TPSA) is 75.3 Å². The van der Waals surface area contributed by atoms with Crippen LogP contribution in [0.5, 0.6) is 0 Å². The van der Waals surface area contributed by atoms with E-state index in [1.807, 2.05) is 0 Å². The Balaban J connectivity index is 2.32. The number of hydrogen-bond donors (Lipinski definition) is 2. The van der Waals surface area contributed by atoms with Gasteiger partial charge in [0.25, 0.3) is 15.9 Å². The van der Waals surface area contributed by atoms with Crippen LogP contribution in [0.4, 0.5) is 10.1 Å². The van der Waals surface area contributed by atoms with Gasteiger partial charge in [-0.2, -0.15) is 0 Å². The Morgan fingerprint density at radius 3 is 2.68 bits per heavy atom. The zero-order chi connectivity index (χ0) is 16.3. The molecule has 0 aliphatic rings. The number of sulfonamides is 1. The van der Waals surface area contributed by atoms with Gasteiger partial charge in [-0.15, -0.1) is 11.3 Å². The molecule has 22 heavy (non-hydrogen) atoms. The molecule has 0 radical (unpaired) electrons. The van der Waals surface area contributed by atoms with E-state index >= 15 is 0 Å². The largest absolute Gasteiger partial charge is 0.352 e. The lowest BCUT2D eigenvalue weighted by Crippen LogP contribution is -2.21. The summed E-state index contributed by atoms with van der Waals surface area (Å²) in [6.07, 6.45) is 0. The van der Waals surface area contributed by atoms with Crippen LogP contribution in [0.15, 0.2) is 35.2 Å². The van der Waals surface area contributed by atoms with E-state index < -0.39 is 15.8 Å². The number of halogens is 1. The zero-order valence-corrected chi connectivity index (χ0v) is 13.6. The molecule has 8 heteroatoms. The van der Waals surface area contributed by atoms with E-state index in [1.54, 1.807) is 13.8 Å². The number of carbonyl (C=O) groups excluding carboxylic acids is 1. The molecule has 0 aliphatic heterocycles. The Bertz CT molecular complexity index is 800. The van der Waals surface area contributed by atoms with E-state index in [-0.39, 0.29) is 16.5 Å². The maximum absolute atomic E-state index is 13.1. The van der Waals surface area contributed by atoms with Crippen LogP contribution in [0.2, 0.25) is 0 Å². The third kappa shape index (κ3) is 3.63. The minimum Gasteiger partial charge on any atom is -0.352 e. The number of nitrogens with one attached hydrogen (secondary N) is 2. The van der Waals surface area contributed by atoms with Crippen LogP contribution in [-0.4, -0.2) is 20.9 Å². The monoisotopic (exact) mass is 342 g/mol. The molecule has 0 fully saturated rings. The highest BCUT2D eigenvalue weighted by atomic mass is 32.2. The van der Waals surface area contributed by atoms with E-state index in [2.05, 4.69) is 10.0 Å². The zero-order valence-electron chi connectivity index (χ0n) is 12.0. The Kier molecular flexibility index (Phi) is 4.82. The van der Waals surface area contributed by atoms with Gasteiger partial charge in [0.1, 0.15) is 10.7 Å². The van der Waals surface area contributed by atoms with Gasteiger partial charge in [0.2, 0.25) is 0 Å². The molecule has 1 aromatic carbocycles. The van der Waals surface area contributed by atoms with Gasteiger partial charge < -0.3 is 5.32 Å². The number of hydrogen-bond acceptors (Lipinski definition) is 4. The first kappa shape index (κ1) is 16.4. The van der Waals surface area contributed by atoms with Gasteiger partial charge in [0.05, 0.1) is 10.6 Å². The van der Waals surface area contributed by atoms with E-state index in [0.717, 1.165) is 17.4 Å². The standard InChI is InChI=1S/C14H15FN2O3S2/c1-3-16-14(18)12-8-13(9(2)21-12)22(19,20)17-11-6-4-5-10(15)7-11/h4-8,17H,3H2,1-2H3,(H,16,18). The summed E-state index contributed by atoms with van der Waals surface area (Å²) in [6.45, 7) is 3.86. The molecule has 0 spiro atoms. The number of aryl methyl sites for hydroxylation is 1. The normalized spacial score (nSPS) is 11.2. The van der Waals surface area contributed by atoms with Crippen molar-refractivity contribution in [3.05, 3.63) is 45.9 Å². The number of carbonyl (C=O) groups is 1. The lowest BCUT2D eigenvalue weighted by Gasteiger charge is -2.07. The smallest absolute Gasteiger partial charge is 0.263 e. The summed E-state index contributed by atoms with van der Waals surface area (Å²) in [7, 11) is -3.87. The first-order chi connectivity index (χ1) is 10.3. The molecule has 0 saturated carbocycles. The molecule has 1 heterocycles. The van der Waals surface area contributed by atoms with E-state index in [4.69, 9.17) is 0 Å². The molecule has 1 aromatic heterocycles. The molecule has 0 atom stereocenters. The quantitative estimate of drug-likeness (QED) is 0.877. The van der Waals surface area contributed by atoms with Gasteiger partial charge in [0, 0.05) is 11.4 Å². The van der Waals surface area contributed by atoms with Crippen molar-refractivity contribution in [3.63, 3.8) is 0 Å². The summed E-state index contributed by atoms with van der Waals surface area (Å²) in [5, 5.41) is 2.62. The Morgan fingerprint density at radius 1 is 1.32 bits per heavy atom. The molecular weight excluding hydrogens is 327 g/mol. The van der Waals surface area contributed by atoms with Crippen molar-refractivity contribution in [2.24, 2.45) is 0 Å². The fraction of sp³-hybridized carbons (Fsp3) is 0.214. The van der Waals surface area contributed by atoms with Crippen LogP contribution in [0.25, 0.3) is 0 Å². The average molecular weight is 342 g/mol.